The van der Waals surface area contributed by atoms with Crippen LogP contribution in [0.4, 0.5) is 5.69 Å². The number of hydrogen-bond donors (Lipinski definition) is 0. The average molecular weight is 435 g/mol. The summed E-state index contributed by atoms with van der Waals surface area (Å²) in [6.07, 6.45) is 1.16. The van der Waals surface area contributed by atoms with Crippen LogP contribution in [0.5, 0.6) is 5.75 Å². The molecule has 3 aromatic rings. The van der Waals surface area contributed by atoms with Crippen molar-refractivity contribution >= 4 is 5.69 Å². The number of aromatic nitrogens is 1. The molecule has 1 aliphatic heterocycles. The normalized spacial score (nSPS) is 14.8. The molecule has 0 amide bonds. The zero-order valence-corrected chi connectivity index (χ0v) is 19.2. The van der Waals surface area contributed by atoms with Crippen molar-refractivity contribution in [2.24, 2.45) is 0 Å². The van der Waals surface area contributed by atoms with Crippen LogP contribution >= 0.6 is 0 Å². The zero-order valence-electron chi connectivity index (χ0n) is 19.2. The largest absolute Gasteiger partial charge is 0.496 e. The first-order valence-electron chi connectivity index (χ1n) is 11.6. The molecule has 32 heavy (non-hydrogen) atoms. The molecule has 0 atom stereocenters. The van der Waals surface area contributed by atoms with E-state index in [2.05, 4.69) is 57.1 Å². The van der Waals surface area contributed by atoms with Gasteiger partial charge in [0, 0.05) is 43.5 Å². The molecule has 0 saturated carbocycles. The summed E-state index contributed by atoms with van der Waals surface area (Å²) >= 11 is 0. The van der Waals surface area contributed by atoms with Crippen LogP contribution in [0.3, 0.4) is 0 Å². The van der Waals surface area contributed by atoms with Crippen LogP contribution in [0.15, 0.2) is 65.2 Å². The fraction of sp³-hybridized carbons (Fsp3) is 0.423. The molecule has 0 radical (unpaired) electrons. The van der Waals surface area contributed by atoms with Crippen LogP contribution < -0.4 is 9.64 Å². The highest BCUT2D eigenvalue weighted by molar-refractivity contribution is 5.66. The zero-order chi connectivity index (χ0) is 22.2. The number of hydrogen-bond acceptors (Lipinski definition) is 6. The van der Waals surface area contributed by atoms with Gasteiger partial charge in [-0.05, 0) is 50.3 Å². The van der Waals surface area contributed by atoms with E-state index in [-0.39, 0.29) is 0 Å². The first kappa shape index (κ1) is 22.4. The Morgan fingerprint density at radius 1 is 1.00 bits per heavy atom. The van der Waals surface area contributed by atoms with E-state index in [1.54, 1.807) is 7.11 Å². The number of rotatable bonds is 10. The third kappa shape index (κ3) is 5.69. The van der Waals surface area contributed by atoms with Gasteiger partial charge in [0.25, 0.3) is 0 Å². The highest BCUT2D eigenvalue weighted by atomic mass is 16.5. The Hall–Kier alpha value is -2.83. The fourth-order valence-electron chi connectivity index (χ4n) is 4.33. The first-order valence-corrected chi connectivity index (χ1v) is 11.6. The van der Waals surface area contributed by atoms with Gasteiger partial charge in [-0.3, -0.25) is 9.80 Å². The van der Waals surface area contributed by atoms with Crippen LogP contribution in [0.1, 0.15) is 19.1 Å². The number of para-hydroxylation sites is 2. The number of benzene rings is 2. The third-order valence-electron chi connectivity index (χ3n) is 6.21. The molecule has 2 heterocycles. The van der Waals surface area contributed by atoms with E-state index in [4.69, 9.17) is 9.26 Å². The molecule has 6 nitrogen and oxygen atoms in total. The Labute approximate surface area is 191 Å². The van der Waals surface area contributed by atoms with E-state index in [0.717, 1.165) is 81.5 Å². The van der Waals surface area contributed by atoms with Crippen LogP contribution in [0.2, 0.25) is 0 Å². The Morgan fingerprint density at radius 3 is 2.50 bits per heavy atom. The summed E-state index contributed by atoms with van der Waals surface area (Å²) in [6, 6.07) is 20.7. The van der Waals surface area contributed by atoms with Gasteiger partial charge < -0.3 is 14.2 Å². The lowest BCUT2D eigenvalue weighted by atomic mass is 10.1. The molecule has 1 fully saturated rings. The van der Waals surface area contributed by atoms with E-state index in [1.807, 2.05) is 30.3 Å². The van der Waals surface area contributed by atoms with Crippen molar-refractivity contribution in [1.29, 1.82) is 0 Å². The number of methoxy groups -OCH3 is 1. The summed E-state index contributed by atoms with van der Waals surface area (Å²) in [5, 5.41) is 4.27. The van der Waals surface area contributed by atoms with Crippen LogP contribution in [-0.2, 0) is 6.54 Å². The second-order valence-corrected chi connectivity index (χ2v) is 8.27. The van der Waals surface area contributed by atoms with Crippen molar-refractivity contribution in [2.75, 3.05) is 57.8 Å². The Bertz CT molecular complexity index is 951. The molecule has 1 saturated heterocycles. The maximum Gasteiger partial charge on any atom is 0.151 e. The third-order valence-corrected chi connectivity index (χ3v) is 6.21. The topological polar surface area (TPSA) is 45.0 Å². The molecule has 0 aliphatic carbocycles. The number of anilines is 1. The quantitative estimate of drug-likeness (QED) is 0.472. The molecule has 6 heteroatoms. The van der Waals surface area contributed by atoms with Gasteiger partial charge in [0.05, 0.1) is 13.7 Å². The van der Waals surface area contributed by atoms with Crippen molar-refractivity contribution in [1.82, 2.24) is 15.0 Å². The summed E-state index contributed by atoms with van der Waals surface area (Å²) < 4.78 is 11.1. The van der Waals surface area contributed by atoms with E-state index in [0.29, 0.717) is 0 Å². The van der Waals surface area contributed by atoms with E-state index in [9.17, 15) is 0 Å². The van der Waals surface area contributed by atoms with E-state index >= 15 is 0 Å². The van der Waals surface area contributed by atoms with E-state index < -0.39 is 0 Å². The van der Waals surface area contributed by atoms with Gasteiger partial charge in [0.15, 0.2) is 5.76 Å². The minimum Gasteiger partial charge on any atom is -0.496 e. The van der Waals surface area contributed by atoms with Crippen molar-refractivity contribution in [2.45, 2.75) is 19.9 Å². The Kier molecular flexibility index (Phi) is 7.80. The Morgan fingerprint density at radius 2 is 1.75 bits per heavy atom. The van der Waals surface area contributed by atoms with Gasteiger partial charge in [-0.25, -0.2) is 0 Å². The van der Waals surface area contributed by atoms with Gasteiger partial charge in [-0.1, -0.05) is 42.4 Å². The summed E-state index contributed by atoms with van der Waals surface area (Å²) in [5.41, 5.74) is 3.12. The fourth-order valence-corrected chi connectivity index (χ4v) is 4.33. The summed E-state index contributed by atoms with van der Waals surface area (Å²) in [4.78, 5) is 7.49. The monoisotopic (exact) mass is 434 g/mol. The maximum atomic E-state index is 5.64. The van der Waals surface area contributed by atoms with Gasteiger partial charge in [-0.2, -0.15) is 0 Å². The van der Waals surface area contributed by atoms with Crippen molar-refractivity contribution in [3.05, 3.63) is 66.4 Å². The minimum atomic E-state index is 0.778. The van der Waals surface area contributed by atoms with Crippen molar-refractivity contribution in [3.8, 4) is 17.0 Å². The molecular weight excluding hydrogens is 400 g/mol. The van der Waals surface area contributed by atoms with E-state index in [1.165, 1.54) is 5.69 Å². The second kappa shape index (κ2) is 11.2. The summed E-state index contributed by atoms with van der Waals surface area (Å²) in [6.45, 7) is 10.6. The SMILES string of the molecule is CCN(CCCN1CCN(c2ccccc2)CC1)Cc1cc(-c2ccccc2OC)no1. The smallest absolute Gasteiger partial charge is 0.151 e. The lowest BCUT2D eigenvalue weighted by Gasteiger charge is -2.36. The molecule has 1 aromatic heterocycles. The lowest BCUT2D eigenvalue weighted by molar-refractivity contribution is 0.206. The van der Waals surface area contributed by atoms with Crippen molar-refractivity contribution in [3.63, 3.8) is 0 Å². The van der Waals surface area contributed by atoms with Gasteiger partial charge in [-0.15, -0.1) is 0 Å². The lowest BCUT2D eigenvalue weighted by Crippen LogP contribution is -2.47. The summed E-state index contributed by atoms with van der Waals surface area (Å²) in [7, 11) is 1.68. The molecular formula is C26H34N4O2. The number of nitrogens with zero attached hydrogens (tertiary/aromatic N) is 4. The molecule has 0 spiro atoms. The maximum absolute atomic E-state index is 5.64. The highest BCUT2D eigenvalue weighted by Crippen LogP contribution is 2.29. The van der Waals surface area contributed by atoms with Gasteiger partial charge >= 0.3 is 0 Å². The molecule has 2 aromatic carbocycles. The van der Waals surface area contributed by atoms with Crippen LogP contribution in [0, 0.1) is 0 Å². The Balaban J connectivity index is 1.22. The predicted molar refractivity (Wildman–Crippen MR) is 129 cm³/mol. The molecule has 0 bridgehead atoms. The summed E-state index contributed by atoms with van der Waals surface area (Å²) in [5.74, 6) is 1.70. The first-order chi connectivity index (χ1) is 15.8. The number of ether oxygens (including phenoxy) is 1. The number of piperazine rings is 1. The van der Waals surface area contributed by atoms with Gasteiger partial charge in [0.2, 0.25) is 0 Å². The molecule has 170 valence electrons. The van der Waals surface area contributed by atoms with Crippen LogP contribution in [-0.4, -0.2) is 67.9 Å². The van der Waals surface area contributed by atoms with Crippen LogP contribution in [0.25, 0.3) is 11.3 Å². The predicted octanol–water partition coefficient (Wildman–Crippen LogP) is 4.38. The highest BCUT2D eigenvalue weighted by Gasteiger charge is 2.17. The standard InChI is InChI=1S/C26H34N4O2/c1-3-28(21-23-20-25(27-32-23)24-12-7-8-13-26(24)31-2)14-9-15-29-16-18-30(19-17-29)22-10-5-4-6-11-22/h4-8,10-13,20H,3,9,14-19,21H2,1-2H3. The molecule has 1 aliphatic rings. The second-order valence-electron chi connectivity index (χ2n) is 8.27. The molecule has 0 N–H and O–H groups in total. The average Bonchev–Trinajstić information content (AvgIpc) is 3.32. The minimum absolute atomic E-state index is 0.778. The molecule has 4 rings (SSSR count). The van der Waals surface area contributed by atoms with Crippen molar-refractivity contribution < 1.29 is 9.26 Å². The molecule has 0 unspecified atom stereocenters. The van der Waals surface area contributed by atoms with Gasteiger partial charge in [0.1, 0.15) is 11.4 Å².